The Labute approximate surface area is 193 Å². The van der Waals surface area contributed by atoms with Gasteiger partial charge in [-0.3, -0.25) is 9.69 Å². The number of ether oxygens (including phenoxy) is 1. The van der Waals surface area contributed by atoms with Crippen LogP contribution in [-0.4, -0.2) is 26.8 Å². The van der Waals surface area contributed by atoms with Crippen molar-refractivity contribution in [1.29, 1.82) is 0 Å². The summed E-state index contributed by atoms with van der Waals surface area (Å²) < 4.78 is 6.44. The van der Waals surface area contributed by atoms with E-state index in [9.17, 15) is 4.79 Å². The minimum Gasteiger partial charge on any atom is -0.447 e. The fourth-order valence-electron chi connectivity index (χ4n) is 3.71. The van der Waals surface area contributed by atoms with Gasteiger partial charge in [-0.2, -0.15) is 4.98 Å². The van der Waals surface area contributed by atoms with E-state index in [0.717, 1.165) is 40.1 Å². The molecule has 1 aliphatic heterocycles. The number of aryl methyl sites for hydroxylation is 2. The zero-order chi connectivity index (χ0) is 22.8. The largest absolute Gasteiger partial charge is 0.447 e. The smallest absolute Gasteiger partial charge is 0.247 e. The first-order chi connectivity index (χ1) is 15.3. The third-order valence-electron chi connectivity index (χ3n) is 5.35. The second-order valence-electron chi connectivity index (χ2n) is 8.57. The third-order valence-corrected chi connectivity index (χ3v) is 6.22. The molecule has 6 nitrogen and oxygen atoms in total. The molecular weight excluding hydrogens is 420 g/mol. The lowest BCUT2D eigenvalue weighted by Gasteiger charge is -2.30. The highest BCUT2D eigenvalue weighted by Gasteiger charge is 2.34. The maximum atomic E-state index is 12.9. The number of anilines is 1. The number of fused-ring (bicyclic) bond motifs is 3. The van der Waals surface area contributed by atoms with Crippen LogP contribution in [0.5, 0.6) is 5.88 Å². The van der Waals surface area contributed by atoms with Crippen LogP contribution in [0.4, 0.5) is 5.69 Å². The Morgan fingerprint density at radius 3 is 2.62 bits per heavy atom. The molecule has 1 aliphatic rings. The first-order valence-electron chi connectivity index (χ1n) is 10.8. The van der Waals surface area contributed by atoms with Gasteiger partial charge in [0.2, 0.25) is 23.2 Å². The number of hydrogen-bond acceptors (Lipinski definition) is 6. The lowest BCUT2D eigenvalue weighted by atomic mass is 10.0. The number of rotatable bonds is 5. The summed E-state index contributed by atoms with van der Waals surface area (Å²) >= 11 is 1.57. The predicted molar refractivity (Wildman–Crippen MR) is 128 cm³/mol. The van der Waals surface area contributed by atoms with Crippen LogP contribution in [0.15, 0.2) is 47.6 Å². The van der Waals surface area contributed by atoms with Crippen LogP contribution in [0.25, 0.3) is 11.3 Å². The summed E-state index contributed by atoms with van der Waals surface area (Å²) in [6.45, 7) is 9.98. The van der Waals surface area contributed by atoms with Crippen molar-refractivity contribution in [3.8, 4) is 17.1 Å². The van der Waals surface area contributed by atoms with Crippen molar-refractivity contribution in [1.82, 2.24) is 15.2 Å². The van der Waals surface area contributed by atoms with Gasteiger partial charge >= 0.3 is 0 Å². The number of hydrogen-bond donors (Lipinski definition) is 0. The van der Waals surface area contributed by atoms with E-state index < -0.39 is 6.23 Å². The van der Waals surface area contributed by atoms with Crippen molar-refractivity contribution in [3.05, 3.63) is 59.2 Å². The maximum absolute atomic E-state index is 12.9. The highest BCUT2D eigenvalue weighted by atomic mass is 32.2. The van der Waals surface area contributed by atoms with E-state index in [1.807, 2.05) is 56.3 Å². The summed E-state index contributed by atoms with van der Waals surface area (Å²) in [6, 6.07) is 13.9. The van der Waals surface area contributed by atoms with Gasteiger partial charge in [0, 0.05) is 23.8 Å². The minimum absolute atomic E-state index is 0.117. The van der Waals surface area contributed by atoms with Gasteiger partial charge in [-0.25, -0.2) is 0 Å². The SMILES string of the molecule is CC(=O)N1c2ccc(C)cc2-c2nnc(SCCC(C)C)nc2O[C@H]1c1cccc(C)c1. The third kappa shape index (κ3) is 4.63. The normalized spacial score (nSPS) is 15.1. The second-order valence-corrected chi connectivity index (χ2v) is 9.64. The highest BCUT2D eigenvalue weighted by molar-refractivity contribution is 7.99. The highest BCUT2D eigenvalue weighted by Crippen LogP contribution is 2.43. The van der Waals surface area contributed by atoms with Crippen LogP contribution in [-0.2, 0) is 4.79 Å². The second kappa shape index (κ2) is 9.28. The molecule has 0 saturated carbocycles. The Hall–Kier alpha value is -2.93. The molecule has 3 aromatic rings. The monoisotopic (exact) mass is 448 g/mol. The topological polar surface area (TPSA) is 68.2 Å². The predicted octanol–water partition coefficient (Wildman–Crippen LogP) is 5.74. The molecule has 0 fully saturated rings. The zero-order valence-corrected chi connectivity index (χ0v) is 19.9. The summed E-state index contributed by atoms with van der Waals surface area (Å²) in [5.41, 5.74) is 5.12. The van der Waals surface area contributed by atoms with Gasteiger partial charge in [-0.05, 0) is 38.3 Å². The molecule has 1 amide bonds. The van der Waals surface area contributed by atoms with Gasteiger partial charge < -0.3 is 4.74 Å². The van der Waals surface area contributed by atoms with Crippen LogP contribution >= 0.6 is 11.8 Å². The molecule has 0 N–H and O–H groups in total. The van der Waals surface area contributed by atoms with Crippen molar-refractivity contribution < 1.29 is 9.53 Å². The van der Waals surface area contributed by atoms with Crippen LogP contribution in [0.3, 0.4) is 0 Å². The van der Waals surface area contributed by atoms with Crippen LogP contribution < -0.4 is 9.64 Å². The molecule has 2 heterocycles. The standard InChI is InChI=1S/C25H28N4O2S/c1-15(2)11-12-32-25-26-23-22(27-28-25)20-14-17(4)9-10-21(20)29(18(5)30)24(31-23)19-8-6-7-16(3)13-19/h6-10,13-15,24H,11-12H2,1-5H3/t24-/m0/s1. The maximum Gasteiger partial charge on any atom is 0.247 e. The van der Waals surface area contributed by atoms with Crippen molar-refractivity contribution in [2.75, 3.05) is 10.7 Å². The number of thioether (sulfide) groups is 1. The molecule has 1 atom stereocenters. The Bertz CT molecular complexity index is 1150. The van der Waals surface area contributed by atoms with Crippen LogP contribution in [0.1, 0.15) is 50.1 Å². The first kappa shape index (κ1) is 22.3. The van der Waals surface area contributed by atoms with E-state index in [2.05, 4.69) is 24.0 Å². The molecule has 2 aromatic carbocycles. The lowest BCUT2D eigenvalue weighted by Crippen LogP contribution is -2.36. The Morgan fingerprint density at radius 1 is 1.12 bits per heavy atom. The number of nitrogens with zero attached hydrogens (tertiary/aromatic N) is 4. The minimum atomic E-state index is -0.652. The molecule has 0 saturated heterocycles. The van der Waals surface area contributed by atoms with Gasteiger partial charge in [-0.1, -0.05) is 67.1 Å². The Kier molecular flexibility index (Phi) is 6.46. The first-order valence-corrected chi connectivity index (χ1v) is 11.8. The number of carbonyl (C=O) groups is 1. The van der Waals surface area contributed by atoms with Gasteiger partial charge in [0.1, 0.15) is 0 Å². The van der Waals surface area contributed by atoms with Crippen molar-refractivity contribution in [2.24, 2.45) is 5.92 Å². The van der Waals surface area contributed by atoms with Gasteiger partial charge in [0.05, 0.1) is 5.69 Å². The summed E-state index contributed by atoms with van der Waals surface area (Å²) in [5, 5.41) is 9.44. The molecule has 32 heavy (non-hydrogen) atoms. The quantitative estimate of drug-likeness (QED) is 0.464. The Balaban J connectivity index is 1.85. The molecule has 4 rings (SSSR count). The van der Waals surface area contributed by atoms with E-state index in [1.54, 1.807) is 23.6 Å². The number of benzene rings is 2. The fourth-order valence-corrected chi connectivity index (χ4v) is 4.72. The Morgan fingerprint density at radius 2 is 1.91 bits per heavy atom. The summed E-state index contributed by atoms with van der Waals surface area (Å²) in [7, 11) is 0. The van der Waals surface area contributed by atoms with E-state index in [-0.39, 0.29) is 5.91 Å². The molecule has 7 heteroatoms. The average Bonchev–Trinajstić information content (AvgIpc) is 2.87. The summed E-state index contributed by atoms with van der Waals surface area (Å²) in [5.74, 6) is 1.80. The molecule has 0 radical (unpaired) electrons. The molecule has 0 spiro atoms. The van der Waals surface area contributed by atoms with Gasteiger partial charge in [0.25, 0.3) is 0 Å². The molecule has 1 aromatic heterocycles. The summed E-state index contributed by atoms with van der Waals surface area (Å²) in [4.78, 5) is 19.3. The fraction of sp³-hybridized carbons (Fsp3) is 0.360. The van der Waals surface area contributed by atoms with E-state index in [4.69, 9.17) is 9.72 Å². The van der Waals surface area contributed by atoms with Crippen molar-refractivity contribution in [3.63, 3.8) is 0 Å². The van der Waals surface area contributed by atoms with E-state index in [1.165, 1.54) is 0 Å². The molecule has 0 bridgehead atoms. The average molecular weight is 449 g/mol. The van der Waals surface area contributed by atoms with Crippen LogP contribution in [0, 0.1) is 19.8 Å². The molecular formula is C25H28N4O2S. The molecule has 0 unspecified atom stereocenters. The molecule has 0 aliphatic carbocycles. The van der Waals surface area contributed by atoms with Gasteiger partial charge in [-0.15, -0.1) is 10.2 Å². The van der Waals surface area contributed by atoms with Gasteiger partial charge in [0.15, 0.2) is 5.69 Å². The number of carbonyl (C=O) groups excluding carboxylic acids is 1. The van der Waals surface area contributed by atoms with Crippen molar-refractivity contribution >= 4 is 23.4 Å². The van der Waals surface area contributed by atoms with E-state index >= 15 is 0 Å². The molecule has 166 valence electrons. The van der Waals surface area contributed by atoms with E-state index in [0.29, 0.717) is 22.6 Å². The van der Waals surface area contributed by atoms with Crippen molar-refractivity contribution in [2.45, 2.75) is 52.4 Å². The summed E-state index contributed by atoms with van der Waals surface area (Å²) in [6.07, 6.45) is 0.415. The zero-order valence-electron chi connectivity index (χ0n) is 19.1. The van der Waals surface area contributed by atoms with Crippen LogP contribution in [0.2, 0.25) is 0 Å². The number of aromatic nitrogens is 3. The number of amides is 1. The lowest BCUT2D eigenvalue weighted by molar-refractivity contribution is -0.118.